The minimum absolute atomic E-state index is 0.992. The smallest absolute Gasteiger partial charge is 0.0405 e. The number of fused-ring (bicyclic) bond motifs is 2. The van der Waals surface area contributed by atoms with Crippen LogP contribution < -0.4 is 0 Å². The summed E-state index contributed by atoms with van der Waals surface area (Å²) in [5, 5.41) is 9.27. The van der Waals surface area contributed by atoms with Crippen molar-refractivity contribution < 1.29 is 0 Å². The van der Waals surface area contributed by atoms with Crippen LogP contribution in [0.3, 0.4) is 0 Å². The molecule has 22 heavy (non-hydrogen) atoms. The first kappa shape index (κ1) is 11.4. The molecule has 0 unspecified atom stereocenters. The van der Waals surface area contributed by atoms with E-state index in [1.165, 1.54) is 21.5 Å². The van der Waals surface area contributed by atoms with Crippen LogP contribution in [0.15, 0.2) is 60.7 Å². The molecular formula is C22H10. The fraction of sp³-hybridized carbons (Fsp3) is 0. The summed E-state index contributed by atoms with van der Waals surface area (Å²) in [7, 11) is 0. The Morgan fingerprint density at radius 2 is 0.818 bits per heavy atom. The van der Waals surface area contributed by atoms with Gasteiger partial charge in [-0.2, -0.15) is 0 Å². The van der Waals surface area contributed by atoms with E-state index in [2.05, 4.69) is 60.7 Å². The quantitative estimate of drug-likeness (QED) is 0.350. The highest BCUT2D eigenvalue weighted by molar-refractivity contribution is 6.34. The minimum atomic E-state index is 0.992. The SMILES string of the molecule is c1c2ccccc2c#cc2cccc3c4cccc(c#1)c4c23. The summed E-state index contributed by atoms with van der Waals surface area (Å²) >= 11 is 0. The third kappa shape index (κ3) is 1.44. The summed E-state index contributed by atoms with van der Waals surface area (Å²) in [6, 6.07) is 34.1. The zero-order chi connectivity index (χ0) is 14.5. The van der Waals surface area contributed by atoms with Gasteiger partial charge in [-0.1, -0.05) is 60.7 Å². The molecule has 0 nitrogen and oxygen atoms in total. The van der Waals surface area contributed by atoms with Gasteiger partial charge in [0.05, 0.1) is 0 Å². The monoisotopic (exact) mass is 274 g/mol. The molecule has 0 amide bonds. The molecule has 0 atom stereocenters. The van der Waals surface area contributed by atoms with Crippen LogP contribution in [0, 0.1) is 24.3 Å². The van der Waals surface area contributed by atoms with Crippen molar-refractivity contribution in [2.24, 2.45) is 0 Å². The lowest BCUT2D eigenvalue weighted by molar-refractivity contribution is 1.80. The molecule has 0 aromatic heterocycles. The Hall–Kier alpha value is -3.22. The number of benzene rings is 3. The fourth-order valence-electron chi connectivity index (χ4n) is 3.21. The summed E-state index contributed by atoms with van der Waals surface area (Å²) in [5.74, 6) is 0. The molecule has 0 heteroatoms. The molecule has 0 heterocycles. The second-order valence-electron chi connectivity index (χ2n) is 5.50. The molecule has 0 fully saturated rings. The molecular weight excluding hydrogens is 264 g/mol. The van der Waals surface area contributed by atoms with Crippen molar-refractivity contribution in [1.29, 1.82) is 0 Å². The molecule has 98 valence electrons. The van der Waals surface area contributed by atoms with E-state index >= 15 is 0 Å². The molecule has 0 bridgehead atoms. The number of rotatable bonds is 0. The fourth-order valence-corrected chi connectivity index (χ4v) is 3.21. The van der Waals surface area contributed by atoms with Crippen LogP contribution >= 0.6 is 0 Å². The Morgan fingerprint density at radius 1 is 0.409 bits per heavy atom. The lowest BCUT2D eigenvalue weighted by atomic mass is 9.90. The van der Waals surface area contributed by atoms with Crippen molar-refractivity contribution in [2.75, 3.05) is 0 Å². The minimum Gasteiger partial charge on any atom is -0.0609 e. The average Bonchev–Trinajstić information content (AvgIpc) is 2.56. The molecule has 0 N–H and O–H groups in total. The van der Waals surface area contributed by atoms with Crippen molar-refractivity contribution in [3.8, 4) is 0 Å². The molecule has 0 saturated carbocycles. The van der Waals surface area contributed by atoms with Crippen LogP contribution in [-0.4, -0.2) is 0 Å². The predicted molar refractivity (Wildman–Crippen MR) is 91.8 cm³/mol. The van der Waals surface area contributed by atoms with Crippen LogP contribution in [0.25, 0.3) is 43.1 Å². The first-order chi connectivity index (χ1) is 10.9. The van der Waals surface area contributed by atoms with E-state index in [1.54, 1.807) is 0 Å². The molecule has 0 radical (unpaired) electrons. The van der Waals surface area contributed by atoms with Gasteiger partial charge in [0.2, 0.25) is 0 Å². The highest BCUT2D eigenvalue weighted by Gasteiger charge is 2.12. The summed E-state index contributed by atoms with van der Waals surface area (Å²) in [6.07, 6.45) is 0. The Kier molecular flexibility index (Phi) is 2.15. The van der Waals surface area contributed by atoms with Crippen LogP contribution in [0.2, 0.25) is 0 Å². The van der Waals surface area contributed by atoms with Crippen LogP contribution in [-0.2, 0) is 0 Å². The Bertz CT molecular complexity index is 1070. The second kappa shape index (κ2) is 4.14. The molecule has 5 rings (SSSR count). The summed E-state index contributed by atoms with van der Waals surface area (Å²) < 4.78 is 0. The van der Waals surface area contributed by atoms with Crippen molar-refractivity contribution >= 4 is 43.1 Å². The van der Waals surface area contributed by atoms with E-state index in [0.717, 1.165) is 21.5 Å². The topological polar surface area (TPSA) is 0 Å². The molecule has 5 aromatic carbocycles. The van der Waals surface area contributed by atoms with E-state index in [-0.39, 0.29) is 0 Å². The van der Waals surface area contributed by atoms with Crippen molar-refractivity contribution in [2.45, 2.75) is 0 Å². The molecule has 0 aliphatic rings. The van der Waals surface area contributed by atoms with E-state index in [1.807, 2.05) is 24.3 Å². The predicted octanol–water partition coefficient (Wildman–Crippen LogP) is 5.50. The van der Waals surface area contributed by atoms with Gasteiger partial charge in [-0.25, -0.2) is 0 Å². The van der Waals surface area contributed by atoms with Gasteiger partial charge in [-0.15, -0.1) is 0 Å². The van der Waals surface area contributed by atoms with Crippen LogP contribution in [0.5, 0.6) is 0 Å². The normalized spacial score (nSPS) is 10.9. The lowest BCUT2D eigenvalue weighted by Gasteiger charge is -2.12. The highest BCUT2D eigenvalue weighted by atomic mass is 14.1. The van der Waals surface area contributed by atoms with Crippen molar-refractivity contribution in [1.82, 2.24) is 0 Å². The first-order valence-electron chi connectivity index (χ1n) is 7.32. The van der Waals surface area contributed by atoms with E-state index in [0.29, 0.717) is 0 Å². The maximum absolute atomic E-state index is 3.35. The van der Waals surface area contributed by atoms with Gasteiger partial charge in [0, 0.05) is 32.3 Å². The van der Waals surface area contributed by atoms with Crippen molar-refractivity contribution in [3.63, 3.8) is 0 Å². The molecule has 5 aromatic rings. The van der Waals surface area contributed by atoms with Crippen LogP contribution in [0.1, 0.15) is 0 Å². The standard InChI is InChI=1S/C22H10/c1-2-6-16-12-14-18-8-4-10-20-19-9-3-7-17(21(19)22(18)20)13-11-15(16)5-1/h1-10H. The zero-order valence-electron chi connectivity index (χ0n) is 11.8. The lowest BCUT2D eigenvalue weighted by Crippen LogP contribution is -1.85. The van der Waals surface area contributed by atoms with Gasteiger partial charge in [0.1, 0.15) is 0 Å². The summed E-state index contributed by atoms with van der Waals surface area (Å²) in [5.41, 5.74) is 0. The third-order valence-electron chi connectivity index (χ3n) is 4.26. The van der Waals surface area contributed by atoms with E-state index < -0.39 is 0 Å². The van der Waals surface area contributed by atoms with E-state index in [4.69, 9.17) is 0 Å². The first-order valence-corrected chi connectivity index (χ1v) is 7.32. The van der Waals surface area contributed by atoms with Crippen molar-refractivity contribution in [3.05, 3.63) is 84.9 Å². The molecule has 0 aliphatic carbocycles. The van der Waals surface area contributed by atoms with Gasteiger partial charge < -0.3 is 0 Å². The highest BCUT2D eigenvalue weighted by Crippen LogP contribution is 2.39. The largest absolute Gasteiger partial charge is 0.0609 e. The number of hydrogen-bond acceptors (Lipinski definition) is 0. The Balaban J connectivity index is 2.09. The van der Waals surface area contributed by atoms with Gasteiger partial charge >= 0.3 is 0 Å². The van der Waals surface area contributed by atoms with Gasteiger partial charge in [0.15, 0.2) is 0 Å². The van der Waals surface area contributed by atoms with Gasteiger partial charge in [-0.3, -0.25) is 0 Å². The maximum atomic E-state index is 3.35. The maximum Gasteiger partial charge on any atom is 0.0405 e. The zero-order valence-corrected chi connectivity index (χ0v) is 11.8. The Morgan fingerprint density at radius 3 is 1.32 bits per heavy atom. The summed E-state index contributed by atoms with van der Waals surface area (Å²) in [6.45, 7) is 0. The van der Waals surface area contributed by atoms with Gasteiger partial charge in [-0.05, 0) is 35.0 Å². The molecule has 0 aliphatic heterocycles. The average molecular weight is 274 g/mol. The molecule has 0 spiro atoms. The van der Waals surface area contributed by atoms with E-state index in [9.17, 15) is 0 Å². The third-order valence-corrected chi connectivity index (χ3v) is 4.26. The summed E-state index contributed by atoms with van der Waals surface area (Å²) in [4.78, 5) is 0. The molecule has 0 saturated heterocycles. The number of hydrogen-bond donors (Lipinski definition) is 0. The second-order valence-corrected chi connectivity index (χ2v) is 5.50. The van der Waals surface area contributed by atoms with Crippen LogP contribution in [0.4, 0.5) is 0 Å². The van der Waals surface area contributed by atoms with Gasteiger partial charge in [0.25, 0.3) is 0 Å². The Labute approximate surface area is 128 Å².